The van der Waals surface area contributed by atoms with E-state index in [1.54, 1.807) is 0 Å². The number of pyridine rings is 2. The minimum Gasteiger partial charge on any atom is -0.260 e. The van der Waals surface area contributed by atoms with Crippen LogP contribution in [0.3, 0.4) is 0 Å². The molecule has 0 fully saturated rings. The molecule has 0 radical (unpaired) electrons. The van der Waals surface area contributed by atoms with Crippen molar-refractivity contribution in [1.82, 2.24) is 4.98 Å². The molecule has 2 heteroatoms. The van der Waals surface area contributed by atoms with Crippen molar-refractivity contribution in [1.29, 1.82) is 0 Å². The maximum Gasteiger partial charge on any atom is 0.212 e. The van der Waals surface area contributed by atoms with Gasteiger partial charge in [0.2, 0.25) is 5.69 Å². The lowest BCUT2D eigenvalue weighted by Gasteiger charge is -2.08. The Morgan fingerprint density at radius 3 is 2.68 bits per heavy atom. The lowest BCUT2D eigenvalue weighted by Crippen LogP contribution is -2.36. The summed E-state index contributed by atoms with van der Waals surface area (Å²) < 4.78 is 2.33. The third-order valence-electron chi connectivity index (χ3n) is 4.67. The Bertz CT molecular complexity index is 894. The topological polar surface area (TPSA) is 16.8 Å². The van der Waals surface area contributed by atoms with Gasteiger partial charge in [-0.25, -0.2) is 0 Å². The highest BCUT2D eigenvalue weighted by atomic mass is 15.0. The molecule has 108 valence electrons. The first-order valence-electron chi connectivity index (χ1n) is 7.69. The van der Waals surface area contributed by atoms with Crippen LogP contribution in [0.15, 0.2) is 48.7 Å². The molecule has 0 bridgehead atoms. The zero-order valence-corrected chi connectivity index (χ0v) is 13.2. The van der Waals surface area contributed by atoms with Gasteiger partial charge in [0.1, 0.15) is 7.05 Å². The number of benzene rings is 1. The molecule has 2 heterocycles. The van der Waals surface area contributed by atoms with Crippen LogP contribution < -0.4 is 4.57 Å². The van der Waals surface area contributed by atoms with E-state index in [4.69, 9.17) is 0 Å². The molecule has 22 heavy (non-hydrogen) atoms. The van der Waals surface area contributed by atoms with E-state index >= 15 is 0 Å². The molecule has 4 rings (SSSR count). The summed E-state index contributed by atoms with van der Waals surface area (Å²) in [6, 6.07) is 15.3. The molecule has 0 spiro atoms. The number of hydrogen-bond donors (Lipinski definition) is 0. The summed E-state index contributed by atoms with van der Waals surface area (Å²) >= 11 is 0. The smallest absolute Gasteiger partial charge is 0.212 e. The van der Waals surface area contributed by atoms with Crippen molar-refractivity contribution >= 4 is 0 Å². The number of rotatable bonds is 1. The van der Waals surface area contributed by atoms with Gasteiger partial charge in [0.15, 0.2) is 5.69 Å². The zero-order valence-electron chi connectivity index (χ0n) is 13.2. The van der Waals surface area contributed by atoms with Crippen LogP contribution in [-0.2, 0) is 13.5 Å². The van der Waals surface area contributed by atoms with Gasteiger partial charge < -0.3 is 0 Å². The Balaban J connectivity index is 1.92. The average molecular weight is 287 g/mol. The second-order valence-corrected chi connectivity index (χ2v) is 6.13. The van der Waals surface area contributed by atoms with E-state index in [1.807, 2.05) is 12.3 Å². The van der Waals surface area contributed by atoms with Gasteiger partial charge in [0.05, 0.1) is 17.7 Å². The van der Waals surface area contributed by atoms with Crippen LogP contribution in [-0.4, -0.2) is 4.98 Å². The molecule has 0 aliphatic heterocycles. The Morgan fingerprint density at radius 1 is 0.955 bits per heavy atom. The zero-order chi connectivity index (χ0) is 15.3. The minimum absolute atomic E-state index is 0.917. The van der Waals surface area contributed by atoms with Crippen LogP contribution in [0.25, 0.3) is 22.4 Å². The number of hydrogen-bond acceptors (Lipinski definition) is 1. The molecule has 1 aromatic carbocycles. The van der Waals surface area contributed by atoms with Gasteiger partial charge in [-0.15, -0.1) is 0 Å². The summed E-state index contributed by atoms with van der Waals surface area (Å²) in [6.07, 6.45) is 2.80. The van der Waals surface area contributed by atoms with E-state index in [9.17, 15) is 0 Å². The normalized spacial score (nSPS) is 12.1. The molecule has 0 saturated carbocycles. The Kier molecular flexibility index (Phi) is 2.86. The highest BCUT2D eigenvalue weighted by Gasteiger charge is 2.29. The molecule has 0 unspecified atom stereocenters. The van der Waals surface area contributed by atoms with E-state index < -0.39 is 0 Å². The van der Waals surface area contributed by atoms with E-state index in [2.05, 4.69) is 66.8 Å². The molecule has 1 aliphatic rings. The molecule has 1 aliphatic carbocycles. The standard InChI is InChI=1S/C20H19N2/c1-13-6-7-14(2)17(11-13)19-9-8-16-15-5-4-10-21-18(15)12-20(16)22(19)3/h4-11H,12H2,1-3H3/q+1. The van der Waals surface area contributed by atoms with E-state index in [0.717, 1.165) is 6.42 Å². The monoisotopic (exact) mass is 287 g/mol. The Morgan fingerprint density at radius 2 is 1.82 bits per heavy atom. The number of nitrogens with zero attached hydrogens (tertiary/aromatic N) is 2. The minimum atomic E-state index is 0.917. The summed E-state index contributed by atoms with van der Waals surface area (Å²) in [5, 5.41) is 0. The van der Waals surface area contributed by atoms with Gasteiger partial charge in [0.25, 0.3) is 0 Å². The van der Waals surface area contributed by atoms with Gasteiger partial charge in [-0.3, -0.25) is 4.98 Å². The molecular formula is C20H19N2+. The van der Waals surface area contributed by atoms with Crippen molar-refractivity contribution in [3.63, 3.8) is 0 Å². The average Bonchev–Trinajstić information content (AvgIpc) is 2.90. The fraction of sp³-hybridized carbons (Fsp3) is 0.200. The molecule has 0 atom stereocenters. The lowest BCUT2D eigenvalue weighted by molar-refractivity contribution is -0.667. The number of fused-ring (bicyclic) bond motifs is 3. The van der Waals surface area contributed by atoms with Crippen LogP contribution in [0, 0.1) is 13.8 Å². The van der Waals surface area contributed by atoms with Gasteiger partial charge in [0, 0.05) is 23.4 Å². The van der Waals surface area contributed by atoms with Crippen LogP contribution in [0.1, 0.15) is 22.5 Å². The predicted molar refractivity (Wildman–Crippen MR) is 88.6 cm³/mol. The molecule has 2 aromatic heterocycles. The van der Waals surface area contributed by atoms with E-state index in [-0.39, 0.29) is 0 Å². The third-order valence-corrected chi connectivity index (χ3v) is 4.67. The van der Waals surface area contributed by atoms with Crippen molar-refractivity contribution in [3.8, 4) is 22.4 Å². The fourth-order valence-corrected chi connectivity index (χ4v) is 3.42. The first-order chi connectivity index (χ1) is 10.6. The van der Waals surface area contributed by atoms with Gasteiger partial charge in [-0.05, 0) is 37.6 Å². The first-order valence-corrected chi connectivity index (χ1v) is 7.69. The van der Waals surface area contributed by atoms with Crippen LogP contribution >= 0.6 is 0 Å². The van der Waals surface area contributed by atoms with Gasteiger partial charge in [-0.1, -0.05) is 23.8 Å². The van der Waals surface area contributed by atoms with Crippen molar-refractivity contribution < 1.29 is 4.57 Å². The summed E-state index contributed by atoms with van der Waals surface area (Å²) in [5.41, 5.74) is 10.3. The third kappa shape index (κ3) is 1.87. The van der Waals surface area contributed by atoms with Crippen LogP contribution in [0.5, 0.6) is 0 Å². The maximum absolute atomic E-state index is 4.54. The Labute approximate surface area is 131 Å². The molecule has 0 amide bonds. The second kappa shape index (κ2) is 4.77. The fourth-order valence-electron chi connectivity index (χ4n) is 3.42. The summed E-state index contributed by atoms with van der Waals surface area (Å²) in [4.78, 5) is 4.54. The largest absolute Gasteiger partial charge is 0.260 e. The first kappa shape index (κ1) is 13.2. The molecule has 2 nitrogen and oxygen atoms in total. The van der Waals surface area contributed by atoms with Crippen molar-refractivity contribution in [2.45, 2.75) is 20.3 Å². The van der Waals surface area contributed by atoms with Gasteiger partial charge >= 0.3 is 0 Å². The highest BCUT2D eigenvalue weighted by Crippen LogP contribution is 2.34. The molecule has 3 aromatic rings. The van der Waals surface area contributed by atoms with Crippen LogP contribution in [0.4, 0.5) is 0 Å². The summed E-state index contributed by atoms with van der Waals surface area (Å²) in [7, 11) is 2.17. The van der Waals surface area contributed by atoms with Gasteiger partial charge in [-0.2, -0.15) is 4.57 Å². The second-order valence-electron chi connectivity index (χ2n) is 6.13. The lowest BCUT2D eigenvalue weighted by atomic mass is 10.0. The van der Waals surface area contributed by atoms with Crippen molar-refractivity contribution in [2.24, 2.45) is 7.05 Å². The quantitative estimate of drug-likeness (QED) is 0.487. The SMILES string of the molecule is Cc1ccc(C)c(-c2ccc3c([n+]2C)Cc2ncccc2-3)c1. The summed E-state index contributed by atoms with van der Waals surface area (Å²) in [5.74, 6) is 0. The van der Waals surface area contributed by atoms with E-state index in [0.29, 0.717) is 0 Å². The number of aromatic nitrogens is 2. The van der Waals surface area contributed by atoms with Crippen molar-refractivity contribution in [2.75, 3.05) is 0 Å². The van der Waals surface area contributed by atoms with E-state index in [1.165, 1.54) is 44.9 Å². The predicted octanol–water partition coefficient (Wildman–Crippen LogP) is 3.76. The van der Waals surface area contributed by atoms with Crippen molar-refractivity contribution in [3.05, 3.63) is 71.2 Å². The summed E-state index contributed by atoms with van der Waals surface area (Å²) in [6.45, 7) is 4.33. The molecular weight excluding hydrogens is 268 g/mol. The number of aryl methyl sites for hydroxylation is 2. The highest BCUT2D eigenvalue weighted by molar-refractivity contribution is 5.74. The molecule has 0 saturated heterocycles. The molecule has 0 N–H and O–H groups in total. The van der Waals surface area contributed by atoms with Crippen LogP contribution in [0.2, 0.25) is 0 Å². The Hall–Kier alpha value is -2.48. The maximum atomic E-state index is 4.54.